The van der Waals surface area contributed by atoms with Crippen LogP contribution in [0.4, 0.5) is 0 Å². The Labute approximate surface area is 201 Å². The summed E-state index contributed by atoms with van der Waals surface area (Å²) in [5, 5.41) is 15.2. The molecule has 1 aliphatic heterocycles. The maximum absolute atomic E-state index is 13.5. The van der Waals surface area contributed by atoms with E-state index in [0.29, 0.717) is 35.9 Å². The monoisotopic (exact) mass is 479 g/mol. The largest absolute Gasteiger partial charge is 0.387 e. The van der Waals surface area contributed by atoms with Crippen molar-refractivity contribution in [3.8, 4) is 0 Å². The Morgan fingerprint density at radius 1 is 1.15 bits per heavy atom. The summed E-state index contributed by atoms with van der Waals surface area (Å²) in [4.78, 5) is 28.8. The van der Waals surface area contributed by atoms with Gasteiger partial charge in [-0.1, -0.05) is 23.7 Å². The molecule has 2 aromatic carbocycles. The second-order valence-corrected chi connectivity index (χ2v) is 9.20. The second-order valence-electron chi connectivity index (χ2n) is 8.77. The topological polar surface area (TPSA) is 83.3 Å². The molecule has 8 heteroatoms. The normalized spacial score (nSPS) is 15.7. The van der Waals surface area contributed by atoms with E-state index in [-0.39, 0.29) is 17.5 Å². The lowest BCUT2D eigenvalue weighted by Gasteiger charge is -2.26. The molecule has 7 nitrogen and oxygen atoms in total. The highest BCUT2D eigenvalue weighted by molar-refractivity contribution is 6.30. The summed E-state index contributed by atoms with van der Waals surface area (Å²) in [6.45, 7) is 5.69. The van der Waals surface area contributed by atoms with Crippen molar-refractivity contribution in [2.75, 3.05) is 26.3 Å². The summed E-state index contributed by atoms with van der Waals surface area (Å²) < 4.78 is 7.21. The highest BCUT2D eigenvalue weighted by Gasteiger charge is 2.21. The third kappa shape index (κ3) is 4.40. The van der Waals surface area contributed by atoms with E-state index >= 15 is 0 Å². The van der Waals surface area contributed by atoms with E-state index < -0.39 is 12.0 Å². The van der Waals surface area contributed by atoms with Crippen LogP contribution in [0.15, 0.2) is 53.5 Å². The molecule has 1 aliphatic rings. The fourth-order valence-corrected chi connectivity index (χ4v) is 4.70. The van der Waals surface area contributed by atoms with Crippen molar-refractivity contribution >= 4 is 33.8 Å². The number of carbonyl (C=O) groups is 1. The van der Waals surface area contributed by atoms with Gasteiger partial charge in [0, 0.05) is 48.2 Å². The average Bonchev–Trinajstić information content (AvgIpc) is 3.20. The summed E-state index contributed by atoms with van der Waals surface area (Å²) in [6, 6.07) is 13.0. The van der Waals surface area contributed by atoms with Gasteiger partial charge in [0.2, 0.25) is 5.43 Å². The number of benzene rings is 2. The zero-order valence-corrected chi connectivity index (χ0v) is 19.6. The molecule has 2 aromatic heterocycles. The molecule has 1 fully saturated rings. The number of aromatic nitrogens is 1. The van der Waals surface area contributed by atoms with Gasteiger partial charge >= 0.3 is 0 Å². The zero-order chi connectivity index (χ0) is 23.8. The van der Waals surface area contributed by atoms with E-state index in [9.17, 15) is 14.7 Å². The van der Waals surface area contributed by atoms with Crippen molar-refractivity contribution < 1.29 is 14.6 Å². The minimum absolute atomic E-state index is 0.0457. The first-order chi connectivity index (χ1) is 16.4. The predicted octanol–water partition coefficient (Wildman–Crippen LogP) is 3.36. The lowest BCUT2D eigenvalue weighted by atomic mass is 10.0. The van der Waals surface area contributed by atoms with E-state index in [1.807, 2.05) is 24.3 Å². The van der Waals surface area contributed by atoms with Crippen LogP contribution in [0.1, 0.15) is 40.2 Å². The highest BCUT2D eigenvalue weighted by atomic mass is 35.5. The van der Waals surface area contributed by atoms with Crippen LogP contribution in [-0.4, -0.2) is 46.6 Å². The van der Waals surface area contributed by atoms with Crippen molar-refractivity contribution in [1.29, 1.82) is 0 Å². The van der Waals surface area contributed by atoms with E-state index in [4.69, 9.17) is 16.3 Å². The van der Waals surface area contributed by atoms with Gasteiger partial charge in [0.1, 0.15) is 5.56 Å². The number of pyridine rings is 1. The van der Waals surface area contributed by atoms with Gasteiger partial charge in [0.05, 0.1) is 30.5 Å². The van der Waals surface area contributed by atoms with E-state index in [1.54, 1.807) is 29.7 Å². The van der Waals surface area contributed by atoms with Gasteiger partial charge in [-0.25, -0.2) is 0 Å². The van der Waals surface area contributed by atoms with Crippen molar-refractivity contribution in [2.45, 2.75) is 26.1 Å². The fraction of sp³-hybridized carbons (Fsp3) is 0.308. The zero-order valence-electron chi connectivity index (χ0n) is 18.9. The van der Waals surface area contributed by atoms with Crippen molar-refractivity contribution in [3.63, 3.8) is 0 Å². The van der Waals surface area contributed by atoms with Crippen LogP contribution in [0.3, 0.4) is 0 Å². The number of hydrogen-bond donors (Lipinski definition) is 2. The van der Waals surface area contributed by atoms with Gasteiger partial charge in [-0.3, -0.25) is 14.5 Å². The molecular formula is C26H26ClN3O4. The molecule has 0 bridgehead atoms. The van der Waals surface area contributed by atoms with Crippen molar-refractivity contribution in [3.05, 3.63) is 86.3 Å². The van der Waals surface area contributed by atoms with Crippen molar-refractivity contribution in [2.24, 2.45) is 0 Å². The molecule has 5 rings (SSSR count). The predicted molar refractivity (Wildman–Crippen MR) is 132 cm³/mol. The molecule has 0 radical (unpaired) electrons. The fourth-order valence-electron chi connectivity index (χ4n) is 4.57. The summed E-state index contributed by atoms with van der Waals surface area (Å²) in [5.41, 5.74) is 2.96. The Morgan fingerprint density at radius 3 is 2.59 bits per heavy atom. The van der Waals surface area contributed by atoms with Crippen LogP contribution in [0.2, 0.25) is 5.02 Å². The SMILES string of the molecule is C[C@@H](O)c1cc2cc(CN3CCOCC3)cc3c(=O)c(C(=O)NCc4ccc(Cl)cc4)cn1c23. The molecule has 1 atom stereocenters. The number of halogens is 1. The van der Waals surface area contributed by atoms with Gasteiger partial charge in [-0.15, -0.1) is 0 Å². The number of ether oxygens (including phenoxy) is 1. The number of hydrogen-bond acceptors (Lipinski definition) is 5. The molecule has 0 saturated carbocycles. The first kappa shape index (κ1) is 22.8. The molecule has 0 spiro atoms. The molecule has 2 N–H and O–H groups in total. The molecule has 34 heavy (non-hydrogen) atoms. The molecule has 1 amide bonds. The van der Waals surface area contributed by atoms with Gasteiger partial charge in [-0.05, 0) is 48.4 Å². The van der Waals surface area contributed by atoms with Gasteiger partial charge in [0.15, 0.2) is 0 Å². The lowest BCUT2D eigenvalue weighted by Crippen LogP contribution is -2.35. The number of amides is 1. The third-order valence-corrected chi connectivity index (χ3v) is 6.57. The van der Waals surface area contributed by atoms with Gasteiger partial charge in [0.25, 0.3) is 5.91 Å². The summed E-state index contributed by atoms with van der Waals surface area (Å²) in [6.07, 6.45) is 0.782. The maximum Gasteiger partial charge on any atom is 0.257 e. The van der Waals surface area contributed by atoms with Crippen LogP contribution in [0.5, 0.6) is 0 Å². The molecule has 3 heterocycles. The number of aliphatic hydroxyl groups is 1. The molecule has 1 saturated heterocycles. The molecule has 0 aliphatic carbocycles. The summed E-state index contributed by atoms with van der Waals surface area (Å²) in [5.74, 6) is -0.456. The molecule has 0 unspecified atom stereocenters. The Kier molecular flexibility index (Phi) is 6.27. The number of nitrogens with zero attached hydrogens (tertiary/aromatic N) is 2. The number of aliphatic hydroxyl groups excluding tert-OH is 1. The lowest BCUT2D eigenvalue weighted by molar-refractivity contribution is 0.0342. The second kappa shape index (κ2) is 9.35. The average molecular weight is 480 g/mol. The van der Waals surface area contributed by atoms with E-state index in [1.165, 1.54) is 0 Å². The smallest absolute Gasteiger partial charge is 0.257 e. The van der Waals surface area contributed by atoms with E-state index in [2.05, 4.69) is 16.3 Å². The van der Waals surface area contributed by atoms with Crippen LogP contribution < -0.4 is 10.7 Å². The van der Waals surface area contributed by atoms with Gasteiger partial charge in [-0.2, -0.15) is 0 Å². The highest BCUT2D eigenvalue weighted by Crippen LogP contribution is 2.29. The standard InChI is InChI=1S/C26H26ClN3O4/c1-16(31)23-12-19-10-18(14-29-6-8-34-9-7-29)11-21-24(19)30(23)15-22(25(21)32)26(33)28-13-17-2-4-20(27)5-3-17/h2-5,10-12,15-16,31H,6-9,13-14H2,1H3,(H,28,33)/t16-/m1/s1. The van der Waals surface area contributed by atoms with Crippen LogP contribution in [0.25, 0.3) is 16.3 Å². The first-order valence-corrected chi connectivity index (χ1v) is 11.7. The number of nitrogens with one attached hydrogen (secondary N) is 1. The molecular weight excluding hydrogens is 454 g/mol. The number of carbonyl (C=O) groups excluding carboxylic acids is 1. The maximum atomic E-state index is 13.5. The minimum atomic E-state index is -0.759. The summed E-state index contributed by atoms with van der Waals surface area (Å²) >= 11 is 5.93. The van der Waals surface area contributed by atoms with E-state index in [0.717, 1.165) is 35.1 Å². The van der Waals surface area contributed by atoms with Crippen molar-refractivity contribution in [1.82, 2.24) is 14.6 Å². The quantitative estimate of drug-likeness (QED) is 0.443. The van der Waals surface area contributed by atoms with Crippen LogP contribution >= 0.6 is 11.6 Å². The Bertz CT molecular complexity index is 1390. The Hall–Kier alpha value is -2.97. The molecule has 176 valence electrons. The summed E-state index contributed by atoms with van der Waals surface area (Å²) in [7, 11) is 0. The third-order valence-electron chi connectivity index (χ3n) is 6.32. The van der Waals surface area contributed by atoms with Crippen LogP contribution in [-0.2, 0) is 17.8 Å². The van der Waals surface area contributed by atoms with Gasteiger partial charge < -0.3 is 19.6 Å². The minimum Gasteiger partial charge on any atom is -0.387 e. The Balaban J connectivity index is 1.54. The Morgan fingerprint density at radius 2 is 1.88 bits per heavy atom. The number of rotatable bonds is 6. The first-order valence-electron chi connectivity index (χ1n) is 11.4. The molecule has 4 aromatic rings. The number of morpholine rings is 1. The van der Waals surface area contributed by atoms with Crippen LogP contribution in [0, 0.1) is 0 Å².